The van der Waals surface area contributed by atoms with E-state index in [2.05, 4.69) is 5.10 Å². The first kappa shape index (κ1) is 17.1. The van der Waals surface area contributed by atoms with Crippen LogP contribution in [-0.2, 0) is 17.1 Å². The summed E-state index contributed by atoms with van der Waals surface area (Å²) in [7, 11) is -2.62. The minimum Gasteiger partial charge on any atom is -0.274 e. The average Bonchev–Trinajstić information content (AvgIpc) is 3.00. The van der Waals surface area contributed by atoms with E-state index in [0.717, 1.165) is 16.4 Å². The predicted octanol–water partition coefficient (Wildman–Crippen LogP) is 3.53. The molecule has 0 N–H and O–H groups in total. The lowest BCUT2D eigenvalue weighted by Gasteiger charge is -2.24. The second-order valence-corrected chi connectivity index (χ2v) is 7.22. The molecule has 5 nitrogen and oxygen atoms in total. The number of aromatic nitrogens is 2. The van der Waals surface area contributed by atoms with Crippen LogP contribution in [0.5, 0.6) is 0 Å². The van der Waals surface area contributed by atoms with Crippen molar-refractivity contribution in [1.82, 2.24) is 9.78 Å². The first-order valence-electron chi connectivity index (χ1n) is 7.36. The molecule has 1 aromatic heterocycles. The van der Waals surface area contributed by atoms with Gasteiger partial charge in [-0.1, -0.05) is 12.1 Å². The van der Waals surface area contributed by atoms with Crippen LogP contribution in [0.15, 0.2) is 59.8 Å². The fourth-order valence-corrected chi connectivity index (χ4v) is 3.85. The van der Waals surface area contributed by atoms with Gasteiger partial charge in [-0.15, -0.1) is 0 Å². The van der Waals surface area contributed by atoms with Gasteiger partial charge in [-0.3, -0.25) is 4.68 Å². The van der Waals surface area contributed by atoms with Crippen molar-refractivity contribution in [3.63, 3.8) is 0 Å². The Hall–Kier alpha value is -2.74. The van der Waals surface area contributed by atoms with Crippen molar-refractivity contribution in [1.29, 1.82) is 0 Å². The molecular weight excluding hydrogens is 348 g/mol. The summed E-state index contributed by atoms with van der Waals surface area (Å²) in [6.45, 7) is 1.51. The van der Waals surface area contributed by atoms with Crippen LogP contribution in [0.4, 0.5) is 20.2 Å². The van der Waals surface area contributed by atoms with Crippen LogP contribution in [0.25, 0.3) is 0 Å². The zero-order valence-electron chi connectivity index (χ0n) is 13.5. The number of sulfonamides is 1. The van der Waals surface area contributed by atoms with Gasteiger partial charge in [-0.05, 0) is 48.9 Å². The van der Waals surface area contributed by atoms with E-state index in [9.17, 15) is 17.2 Å². The van der Waals surface area contributed by atoms with Gasteiger partial charge in [0.05, 0.1) is 11.4 Å². The Morgan fingerprint density at radius 1 is 1.04 bits per heavy atom. The molecule has 1 heterocycles. The number of anilines is 2. The fourth-order valence-electron chi connectivity index (χ4n) is 2.40. The Balaban J connectivity index is 2.26. The summed E-state index contributed by atoms with van der Waals surface area (Å²) < 4.78 is 56.3. The number of hydrogen-bond donors (Lipinski definition) is 0. The Morgan fingerprint density at radius 2 is 1.76 bits per heavy atom. The van der Waals surface area contributed by atoms with Gasteiger partial charge in [-0.25, -0.2) is 13.1 Å². The molecule has 0 amide bonds. The monoisotopic (exact) mass is 363 g/mol. The molecular formula is C17H15F2N3O2S. The highest BCUT2D eigenvalue weighted by Gasteiger charge is 2.31. The van der Waals surface area contributed by atoms with Gasteiger partial charge in [0.25, 0.3) is 10.0 Å². The number of nitrogens with zero attached hydrogens (tertiary/aromatic N) is 3. The maximum Gasteiger partial charge on any atom is 0.288 e. The van der Waals surface area contributed by atoms with Crippen molar-refractivity contribution in [2.75, 3.05) is 4.31 Å². The van der Waals surface area contributed by atoms with Crippen LogP contribution >= 0.6 is 0 Å². The number of para-hydroxylation sites is 1. The summed E-state index contributed by atoms with van der Waals surface area (Å²) in [5.41, 5.74) is 0.198. The molecule has 3 rings (SSSR count). The molecule has 0 atom stereocenters. The van der Waals surface area contributed by atoms with Crippen molar-refractivity contribution in [3.8, 4) is 0 Å². The molecule has 0 aliphatic heterocycles. The SMILES string of the molecule is Cc1cc(N(c2ccccc2F)S(=O)(=O)c2ccn(C)n2)ccc1F. The highest BCUT2D eigenvalue weighted by molar-refractivity contribution is 7.93. The standard InChI is InChI=1S/C17H15F2N3O2S/c1-12-11-13(7-8-14(12)18)22(16-6-4-3-5-15(16)19)25(23,24)17-9-10-21(2)20-17/h3-11H,1-2H3. The number of hydrogen-bond acceptors (Lipinski definition) is 3. The smallest absolute Gasteiger partial charge is 0.274 e. The number of aryl methyl sites for hydroxylation is 2. The molecule has 2 aromatic carbocycles. The van der Waals surface area contributed by atoms with Gasteiger partial charge in [-0.2, -0.15) is 13.5 Å². The van der Waals surface area contributed by atoms with Gasteiger partial charge < -0.3 is 0 Å². The van der Waals surface area contributed by atoms with Gasteiger partial charge in [0, 0.05) is 13.2 Å². The fraction of sp³-hybridized carbons (Fsp3) is 0.118. The lowest BCUT2D eigenvalue weighted by molar-refractivity contribution is 0.584. The summed E-state index contributed by atoms with van der Waals surface area (Å²) in [6, 6.07) is 10.6. The molecule has 0 saturated heterocycles. The largest absolute Gasteiger partial charge is 0.288 e. The van der Waals surface area contributed by atoms with Crippen molar-refractivity contribution in [2.45, 2.75) is 11.9 Å². The normalized spacial score (nSPS) is 11.5. The lowest BCUT2D eigenvalue weighted by atomic mass is 10.2. The number of benzene rings is 2. The molecule has 3 aromatic rings. The van der Waals surface area contributed by atoms with Crippen LogP contribution in [0.3, 0.4) is 0 Å². The Labute approximate surface area is 144 Å². The first-order chi connectivity index (χ1) is 11.8. The van der Waals surface area contributed by atoms with E-state index in [4.69, 9.17) is 0 Å². The number of halogens is 2. The first-order valence-corrected chi connectivity index (χ1v) is 8.80. The molecule has 0 fully saturated rings. The highest BCUT2D eigenvalue weighted by Crippen LogP contribution is 2.34. The molecule has 0 spiro atoms. The number of rotatable bonds is 4. The molecule has 0 radical (unpaired) electrons. The van der Waals surface area contributed by atoms with Gasteiger partial charge in [0.2, 0.25) is 0 Å². The van der Waals surface area contributed by atoms with Crippen LogP contribution in [-0.4, -0.2) is 18.2 Å². The highest BCUT2D eigenvalue weighted by atomic mass is 32.2. The molecule has 0 saturated carbocycles. The minimum absolute atomic E-state index is 0.120. The molecule has 0 bridgehead atoms. The zero-order chi connectivity index (χ0) is 18.2. The van der Waals surface area contributed by atoms with Crippen LogP contribution in [0.1, 0.15) is 5.56 Å². The summed E-state index contributed by atoms with van der Waals surface area (Å²) in [4.78, 5) is 0. The van der Waals surface area contributed by atoms with E-state index >= 15 is 0 Å². The zero-order valence-corrected chi connectivity index (χ0v) is 14.3. The molecule has 0 aliphatic rings. The van der Waals surface area contributed by atoms with E-state index < -0.39 is 21.7 Å². The second-order valence-electron chi connectivity index (χ2n) is 5.48. The second kappa shape index (κ2) is 6.29. The minimum atomic E-state index is -4.20. The molecule has 130 valence electrons. The van der Waals surface area contributed by atoms with Crippen molar-refractivity contribution in [2.24, 2.45) is 7.05 Å². The average molecular weight is 363 g/mol. The van der Waals surface area contributed by atoms with Crippen LogP contribution in [0, 0.1) is 18.6 Å². The summed E-state index contributed by atoms with van der Waals surface area (Å²) in [5, 5.41) is 3.68. The van der Waals surface area contributed by atoms with Crippen LogP contribution < -0.4 is 4.31 Å². The van der Waals surface area contributed by atoms with E-state index in [1.54, 1.807) is 7.05 Å². The van der Waals surface area contributed by atoms with Gasteiger partial charge in [0.15, 0.2) is 5.03 Å². The summed E-state index contributed by atoms with van der Waals surface area (Å²) >= 11 is 0. The van der Waals surface area contributed by atoms with Crippen LogP contribution in [0.2, 0.25) is 0 Å². The van der Waals surface area contributed by atoms with Crippen molar-refractivity contribution < 1.29 is 17.2 Å². The molecule has 0 aliphatic carbocycles. The van der Waals surface area contributed by atoms with Crippen molar-refractivity contribution >= 4 is 21.4 Å². The van der Waals surface area contributed by atoms with Crippen molar-refractivity contribution in [3.05, 3.63) is 71.9 Å². The third-order valence-electron chi connectivity index (χ3n) is 3.64. The maximum atomic E-state index is 14.4. The molecule has 25 heavy (non-hydrogen) atoms. The summed E-state index contributed by atoms with van der Waals surface area (Å²) in [5.74, 6) is -1.20. The Kier molecular flexibility index (Phi) is 4.30. The Morgan fingerprint density at radius 3 is 2.36 bits per heavy atom. The van der Waals surface area contributed by atoms with E-state index in [1.807, 2.05) is 0 Å². The van der Waals surface area contributed by atoms with E-state index in [1.165, 1.54) is 54.2 Å². The summed E-state index contributed by atoms with van der Waals surface area (Å²) in [6.07, 6.45) is 1.47. The topological polar surface area (TPSA) is 55.2 Å². The predicted molar refractivity (Wildman–Crippen MR) is 90.1 cm³/mol. The molecule has 8 heteroatoms. The quantitative estimate of drug-likeness (QED) is 0.712. The van der Waals surface area contributed by atoms with E-state index in [-0.39, 0.29) is 22.0 Å². The third-order valence-corrected chi connectivity index (χ3v) is 5.28. The molecule has 0 unspecified atom stereocenters. The Bertz CT molecular complexity index is 1030. The third kappa shape index (κ3) is 3.12. The lowest BCUT2D eigenvalue weighted by Crippen LogP contribution is -2.27. The maximum absolute atomic E-state index is 14.4. The van der Waals surface area contributed by atoms with E-state index in [0.29, 0.717) is 0 Å². The van der Waals surface area contributed by atoms with Gasteiger partial charge >= 0.3 is 0 Å². The van der Waals surface area contributed by atoms with Gasteiger partial charge in [0.1, 0.15) is 11.6 Å².